The summed E-state index contributed by atoms with van der Waals surface area (Å²) in [6.07, 6.45) is -1.66. The Hall–Kier alpha value is -1.44. The highest BCUT2D eigenvalue weighted by Crippen LogP contribution is 2.14. The van der Waals surface area contributed by atoms with Gasteiger partial charge in [-0.2, -0.15) is 0 Å². The molecule has 7 nitrogen and oxygen atoms in total. The zero-order chi connectivity index (χ0) is 12.3. The summed E-state index contributed by atoms with van der Waals surface area (Å²) < 4.78 is 0. The molecular formula is C8H9BrN2O5. The summed E-state index contributed by atoms with van der Waals surface area (Å²) >= 11 is 2.84. The lowest BCUT2D eigenvalue weighted by Gasteiger charge is -2.22. The minimum atomic E-state index is -1.62. The summed E-state index contributed by atoms with van der Waals surface area (Å²) in [5.41, 5.74) is 0. The highest BCUT2D eigenvalue weighted by Gasteiger charge is 2.39. The van der Waals surface area contributed by atoms with Gasteiger partial charge in [-0.3, -0.25) is 19.3 Å². The van der Waals surface area contributed by atoms with E-state index >= 15 is 0 Å². The first-order valence-corrected chi connectivity index (χ1v) is 5.52. The fourth-order valence-electron chi connectivity index (χ4n) is 1.31. The van der Waals surface area contributed by atoms with Crippen LogP contribution in [-0.4, -0.2) is 45.2 Å². The van der Waals surface area contributed by atoms with Crippen LogP contribution in [-0.2, 0) is 19.2 Å². The minimum Gasteiger partial charge on any atom is -0.478 e. The Bertz CT molecular complexity index is 340. The average Bonchev–Trinajstić information content (AvgIpc) is 2.55. The van der Waals surface area contributed by atoms with Gasteiger partial charge >= 0.3 is 5.97 Å². The maximum Gasteiger partial charge on any atom is 0.347 e. The van der Waals surface area contributed by atoms with E-state index in [-0.39, 0.29) is 18.2 Å². The van der Waals surface area contributed by atoms with Crippen LogP contribution in [0.4, 0.5) is 0 Å². The molecule has 2 N–H and O–H groups in total. The van der Waals surface area contributed by atoms with E-state index < -0.39 is 29.9 Å². The molecule has 1 heterocycles. The van der Waals surface area contributed by atoms with E-state index in [1.165, 1.54) is 0 Å². The Morgan fingerprint density at radius 3 is 2.25 bits per heavy atom. The second-order valence-corrected chi connectivity index (χ2v) is 3.66. The number of aliphatic carboxylic acids is 1. The van der Waals surface area contributed by atoms with E-state index in [2.05, 4.69) is 21.2 Å². The van der Waals surface area contributed by atoms with Crippen LogP contribution in [0.2, 0.25) is 0 Å². The first-order valence-electron chi connectivity index (χ1n) is 4.40. The van der Waals surface area contributed by atoms with Crippen LogP contribution in [0, 0.1) is 0 Å². The van der Waals surface area contributed by atoms with Gasteiger partial charge in [0.15, 0.2) is 0 Å². The number of amides is 3. The molecule has 0 aliphatic carbocycles. The monoisotopic (exact) mass is 292 g/mol. The lowest BCUT2D eigenvalue weighted by atomic mass is 10.4. The van der Waals surface area contributed by atoms with E-state index in [1.807, 2.05) is 0 Å². The normalized spacial score (nSPS) is 17.4. The van der Waals surface area contributed by atoms with Gasteiger partial charge in [0.05, 0.1) is 5.33 Å². The number of nitrogens with one attached hydrogen (secondary N) is 1. The second-order valence-electron chi connectivity index (χ2n) is 3.10. The molecule has 88 valence electrons. The van der Waals surface area contributed by atoms with E-state index in [0.717, 1.165) is 0 Å². The molecule has 3 amide bonds. The predicted molar refractivity (Wildman–Crippen MR) is 54.4 cm³/mol. The number of likely N-dealkylation sites (tertiary alicyclic amines) is 1. The molecule has 1 saturated heterocycles. The van der Waals surface area contributed by atoms with Crippen molar-refractivity contribution in [3.8, 4) is 0 Å². The minimum absolute atomic E-state index is 0.0210. The number of halogens is 1. The zero-order valence-electron chi connectivity index (χ0n) is 8.10. The molecule has 16 heavy (non-hydrogen) atoms. The SMILES string of the molecule is O=C(CBr)NC(C(=O)O)N1C(=O)CCC1=O. The van der Waals surface area contributed by atoms with Crippen molar-refractivity contribution in [3.05, 3.63) is 0 Å². The summed E-state index contributed by atoms with van der Waals surface area (Å²) in [6.45, 7) is 0. The number of imide groups is 1. The van der Waals surface area contributed by atoms with Gasteiger partial charge in [-0.25, -0.2) is 4.79 Å². The number of carboxylic acids is 1. The Morgan fingerprint density at radius 1 is 1.38 bits per heavy atom. The fourth-order valence-corrected chi connectivity index (χ4v) is 1.47. The Kier molecular flexibility index (Phi) is 3.99. The molecule has 1 fully saturated rings. The number of carbonyl (C=O) groups excluding carboxylic acids is 3. The summed E-state index contributed by atoms with van der Waals surface area (Å²) in [5, 5.41) is 10.8. The summed E-state index contributed by atoms with van der Waals surface area (Å²) in [6, 6.07) is 0. The summed E-state index contributed by atoms with van der Waals surface area (Å²) in [7, 11) is 0. The van der Waals surface area contributed by atoms with Gasteiger partial charge in [0.2, 0.25) is 23.9 Å². The van der Waals surface area contributed by atoms with Gasteiger partial charge in [-0.15, -0.1) is 0 Å². The largest absolute Gasteiger partial charge is 0.478 e. The van der Waals surface area contributed by atoms with Gasteiger partial charge in [-0.05, 0) is 0 Å². The van der Waals surface area contributed by atoms with Crippen LogP contribution >= 0.6 is 15.9 Å². The topological polar surface area (TPSA) is 104 Å². The number of hydrogen-bond acceptors (Lipinski definition) is 4. The number of rotatable bonds is 4. The fraction of sp³-hybridized carbons (Fsp3) is 0.500. The van der Waals surface area contributed by atoms with Crippen LogP contribution in [0.5, 0.6) is 0 Å². The lowest BCUT2D eigenvalue weighted by molar-refractivity contribution is -0.156. The maximum atomic E-state index is 11.3. The molecule has 0 aromatic heterocycles. The summed E-state index contributed by atoms with van der Waals surface area (Å²) in [5.74, 6) is -3.24. The van der Waals surface area contributed by atoms with E-state index in [0.29, 0.717) is 4.90 Å². The van der Waals surface area contributed by atoms with Crippen molar-refractivity contribution in [1.29, 1.82) is 0 Å². The first kappa shape index (κ1) is 12.6. The molecule has 1 atom stereocenters. The third-order valence-electron chi connectivity index (χ3n) is 2.00. The van der Waals surface area contributed by atoms with Gasteiger partial charge in [-0.1, -0.05) is 15.9 Å². The smallest absolute Gasteiger partial charge is 0.347 e. The van der Waals surface area contributed by atoms with E-state index in [4.69, 9.17) is 5.11 Å². The molecule has 1 aliphatic rings. The Balaban J connectivity index is 2.85. The van der Waals surface area contributed by atoms with Gasteiger partial charge in [0.1, 0.15) is 0 Å². The first-order chi connectivity index (χ1) is 7.47. The number of hydrogen-bond donors (Lipinski definition) is 2. The van der Waals surface area contributed by atoms with Crippen molar-refractivity contribution in [3.63, 3.8) is 0 Å². The number of carbonyl (C=O) groups is 4. The number of nitrogens with zero attached hydrogens (tertiary/aromatic N) is 1. The van der Waals surface area contributed by atoms with Crippen molar-refractivity contribution < 1.29 is 24.3 Å². The van der Waals surface area contributed by atoms with Gasteiger partial charge < -0.3 is 10.4 Å². The highest BCUT2D eigenvalue weighted by molar-refractivity contribution is 9.09. The molecule has 1 unspecified atom stereocenters. The molecule has 0 aromatic rings. The van der Waals surface area contributed by atoms with Crippen LogP contribution in [0.25, 0.3) is 0 Å². The standard InChI is InChI=1S/C8H9BrN2O5/c9-3-4(12)10-7(8(15)16)11-5(13)1-2-6(11)14/h7H,1-3H2,(H,10,12)(H,15,16). The summed E-state index contributed by atoms with van der Waals surface area (Å²) in [4.78, 5) is 45.0. The van der Waals surface area contributed by atoms with Crippen LogP contribution in [0.15, 0.2) is 0 Å². The molecule has 1 rings (SSSR count). The molecule has 0 spiro atoms. The number of alkyl halides is 1. The molecule has 0 aromatic carbocycles. The average molecular weight is 293 g/mol. The van der Waals surface area contributed by atoms with Crippen molar-refractivity contribution >= 4 is 39.6 Å². The molecule has 8 heteroatoms. The van der Waals surface area contributed by atoms with Crippen molar-refractivity contribution in [2.75, 3.05) is 5.33 Å². The molecule has 0 saturated carbocycles. The predicted octanol–water partition coefficient (Wildman–Crippen LogP) is -0.943. The van der Waals surface area contributed by atoms with Crippen molar-refractivity contribution in [2.24, 2.45) is 0 Å². The molecule has 0 bridgehead atoms. The molecule has 0 radical (unpaired) electrons. The van der Waals surface area contributed by atoms with Crippen LogP contribution < -0.4 is 5.32 Å². The Labute approximate surface area is 98.9 Å². The van der Waals surface area contributed by atoms with Gasteiger partial charge in [0.25, 0.3) is 0 Å². The lowest BCUT2D eigenvalue weighted by Crippen LogP contribution is -2.55. The van der Waals surface area contributed by atoms with Crippen molar-refractivity contribution in [2.45, 2.75) is 19.0 Å². The third-order valence-corrected chi connectivity index (χ3v) is 2.51. The molecular weight excluding hydrogens is 284 g/mol. The maximum absolute atomic E-state index is 11.3. The van der Waals surface area contributed by atoms with Gasteiger partial charge in [0, 0.05) is 12.8 Å². The van der Waals surface area contributed by atoms with Crippen LogP contribution in [0.1, 0.15) is 12.8 Å². The van der Waals surface area contributed by atoms with Crippen LogP contribution in [0.3, 0.4) is 0 Å². The molecule has 1 aliphatic heterocycles. The van der Waals surface area contributed by atoms with E-state index in [9.17, 15) is 19.2 Å². The highest BCUT2D eigenvalue weighted by atomic mass is 79.9. The quantitative estimate of drug-likeness (QED) is 0.514. The zero-order valence-corrected chi connectivity index (χ0v) is 9.69. The Morgan fingerprint density at radius 2 is 1.88 bits per heavy atom. The second kappa shape index (κ2) is 5.06. The third kappa shape index (κ3) is 2.57. The van der Waals surface area contributed by atoms with E-state index in [1.54, 1.807) is 0 Å². The van der Waals surface area contributed by atoms with Crippen molar-refractivity contribution in [1.82, 2.24) is 10.2 Å². The number of carboxylic acid groups (broad SMARTS) is 1.